The lowest BCUT2D eigenvalue weighted by Gasteiger charge is -2.08. The molecule has 150 valence electrons. The van der Waals surface area contributed by atoms with Crippen molar-refractivity contribution < 1.29 is 0 Å². The van der Waals surface area contributed by atoms with Crippen LogP contribution in [0.2, 0.25) is 0 Å². The van der Waals surface area contributed by atoms with Gasteiger partial charge >= 0.3 is 0 Å². The normalized spacial score (nSPS) is 10.9. The highest BCUT2D eigenvalue weighted by Gasteiger charge is 2.02. The van der Waals surface area contributed by atoms with E-state index in [2.05, 4.69) is 111 Å². The Labute approximate surface area is 181 Å². The van der Waals surface area contributed by atoms with Gasteiger partial charge in [-0.15, -0.1) is 0 Å². The summed E-state index contributed by atoms with van der Waals surface area (Å²) in [6, 6.07) is 36.0. The van der Waals surface area contributed by atoms with Crippen molar-refractivity contribution in [2.75, 3.05) is 0 Å². The summed E-state index contributed by atoms with van der Waals surface area (Å²) in [5, 5.41) is 0. The standard InChI is InChI=1S/C30H30/c1-3-23-5-9-25(10-6-23)21-27-13-17-29(18-14-27)30-19-15-28(16-20-30)22-26-11-7-24(4-2)8-12-26/h5-20H,3-4,21-22H2,1-2H3. The molecule has 0 radical (unpaired) electrons. The third kappa shape index (κ3) is 5.07. The van der Waals surface area contributed by atoms with Gasteiger partial charge in [-0.05, 0) is 70.2 Å². The zero-order valence-electron chi connectivity index (χ0n) is 18.1. The van der Waals surface area contributed by atoms with E-state index >= 15 is 0 Å². The molecule has 30 heavy (non-hydrogen) atoms. The smallest absolute Gasteiger partial charge is 0.00258 e. The first-order valence-corrected chi connectivity index (χ1v) is 11.1. The lowest BCUT2D eigenvalue weighted by Crippen LogP contribution is -1.90. The fraction of sp³-hybridized carbons (Fsp3) is 0.200. The van der Waals surface area contributed by atoms with Gasteiger partial charge in [0.2, 0.25) is 0 Å². The fourth-order valence-corrected chi connectivity index (χ4v) is 3.89. The molecular formula is C30H30. The van der Waals surface area contributed by atoms with Gasteiger partial charge in [0.1, 0.15) is 0 Å². The van der Waals surface area contributed by atoms with Gasteiger partial charge in [-0.2, -0.15) is 0 Å². The second-order valence-electron chi connectivity index (χ2n) is 8.09. The molecule has 0 atom stereocenters. The Morgan fingerprint density at radius 2 is 0.567 bits per heavy atom. The SMILES string of the molecule is CCc1ccc(Cc2ccc(-c3ccc(Cc4ccc(CC)cc4)cc3)cc2)cc1. The second kappa shape index (κ2) is 9.59. The minimum atomic E-state index is 0.986. The summed E-state index contributed by atoms with van der Waals surface area (Å²) >= 11 is 0. The van der Waals surface area contributed by atoms with Crippen LogP contribution in [0.1, 0.15) is 47.2 Å². The van der Waals surface area contributed by atoms with E-state index in [0.717, 1.165) is 25.7 Å². The molecule has 0 aliphatic carbocycles. The summed E-state index contributed by atoms with van der Waals surface area (Å²) in [4.78, 5) is 0. The minimum Gasteiger partial charge on any atom is -0.0613 e. The highest BCUT2D eigenvalue weighted by Crippen LogP contribution is 2.22. The molecule has 0 heterocycles. The Balaban J connectivity index is 1.40. The van der Waals surface area contributed by atoms with Gasteiger partial charge in [0.05, 0.1) is 0 Å². The van der Waals surface area contributed by atoms with Crippen LogP contribution in [0.4, 0.5) is 0 Å². The maximum atomic E-state index is 2.26. The fourth-order valence-electron chi connectivity index (χ4n) is 3.89. The molecule has 0 aliphatic rings. The van der Waals surface area contributed by atoms with Crippen LogP contribution in [0.3, 0.4) is 0 Å². The van der Waals surface area contributed by atoms with Gasteiger partial charge in [0, 0.05) is 0 Å². The first-order valence-electron chi connectivity index (χ1n) is 11.1. The Morgan fingerprint density at radius 1 is 0.333 bits per heavy atom. The highest BCUT2D eigenvalue weighted by atomic mass is 14.1. The van der Waals surface area contributed by atoms with Gasteiger partial charge in [-0.25, -0.2) is 0 Å². The molecule has 4 rings (SSSR count). The van der Waals surface area contributed by atoms with E-state index in [1.165, 1.54) is 44.5 Å². The van der Waals surface area contributed by atoms with Gasteiger partial charge < -0.3 is 0 Å². The molecule has 0 heteroatoms. The summed E-state index contributed by atoms with van der Waals surface area (Å²) in [6.07, 6.45) is 4.16. The van der Waals surface area contributed by atoms with E-state index in [0.29, 0.717) is 0 Å². The second-order valence-corrected chi connectivity index (χ2v) is 8.09. The monoisotopic (exact) mass is 390 g/mol. The highest BCUT2D eigenvalue weighted by molar-refractivity contribution is 5.64. The predicted octanol–water partition coefficient (Wildman–Crippen LogP) is 7.66. The number of hydrogen-bond donors (Lipinski definition) is 0. The van der Waals surface area contributed by atoms with Crippen molar-refractivity contribution in [1.82, 2.24) is 0 Å². The average molecular weight is 391 g/mol. The van der Waals surface area contributed by atoms with Gasteiger partial charge in [-0.1, -0.05) is 111 Å². The van der Waals surface area contributed by atoms with Crippen LogP contribution in [-0.2, 0) is 25.7 Å². The van der Waals surface area contributed by atoms with Crippen molar-refractivity contribution in [3.63, 3.8) is 0 Å². The number of rotatable bonds is 7. The van der Waals surface area contributed by atoms with Crippen molar-refractivity contribution in [2.24, 2.45) is 0 Å². The third-order valence-corrected chi connectivity index (χ3v) is 5.92. The summed E-state index contributed by atoms with van der Waals surface area (Å²) in [5.41, 5.74) is 10.8. The van der Waals surface area contributed by atoms with Crippen LogP contribution in [0.25, 0.3) is 11.1 Å². The van der Waals surface area contributed by atoms with Crippen LogP contribution >= 0.6 is 0 Å². The molecule has 0 N–H and O–H groups in total. The topological polar surface area (TPSA) is 0 Å². The maximum Gasteiger partial charge on any atom is -0.00258 e. The zero-order valence-corrected chi connectivity index (χ0v) is 18.1. The molecule has 0 spiro atoms. The minimum absolute atomic E-state index is 0.986. The van der Waals surface area contributed by atoms with Crippen LogP contribution in [-0.4, -0.2) is 0 Å². The molecule has 4 aromatic rings. The first-order chi connectivity index (χ1) is 14.7. The summed E-state index contributed by atoms with van der Waals surface area (Å²) in [6.45, 7) is 4.40. The van der Waals surface area contributed by atoms with E-state index in [-0.39, 0.29) is 0 Å². The molecule has 4 aromatic carbocycles. The Hall–Kier alpha value is -3.12. The first kappa shape index (κ1) is 20.2. The van der Waals surface area contributed by atoms with Crippen molar-refractivity contribution in [3.8, 4) is 11.1 Å². The molecule has 0 fully saturated rings. The quantitative estimate of drug-likeness (QED) is 0.304. The van der Waals surface area contributed by atoms with Crippen molar-refractivity contribution in [1.29, 1.82) is 0 Å². The van der Waals surface area contributed by atoms with Crippen molar-refractivity contribution in [2.45, 2.75) is 39.5 Å². The lowest BCUT2D eigenvalue weighted by atomic mass is 9.97. The third-order valence-electron chi connectivity index (χ3n) is 5.92. The van der Waals surface area contributed by atoms with Gasteiger partial charge in [-0.3, -0.25) is 0 Å². The summed E-state index contributed by atoms with van der Waals surface area (Å²) < 4.78 is 0. The van der Waals surface area contributed by atoms with E-state index < -0.39 is 0 Å². The van der Waals surface area contributed by atoms with Gasteiger partial charge in [0.25, 0.3) is 0 Å². The van der Waals surface area contributed by atoms with Crippen LogP contribution < -0.4 is 0 Å². The molecule has 0 nitrogen and oxygen atoms in total. The maximum absolute atomic E-state index is 2.26. The number of benzene rings is 4. The Morgan fingerprint density at radius 3 is 0.833 bits per heavy atom. The number of hydrogen-bond acceptors (Lipinski definition) is 0. The van der Waals surface area contributed by atoms with E-state index in [1.807, 2.05) is 0 Å². The van der Waals surface area contributed by atoms with Crippen molar-refractivity contribution >= 4 is 0 Å². The van der Waals surface area contributed by atoms with Crippen LogP contribution in [0.15, 0.2) is 97.1 Å². The average Bonchev–Trinajstić information content (AvgIpc) is 2.81. The van der Waals surface area contributed by atoms with Crippen LogP contribution in [0.5, 0.6) is 0 Å². The van der Waals surface area contributed by atoms with Crippen LogP contribution in [0, 0.1) is 0 Å². The molecule has 0 aromatic heterocycles. The Bertz CT molecular complexity index is 960. The molecule has 0 saturated carbocycles. The largest absolute Gasteiger partial charge is 0.0613 e. The van der Waals surface area contributed by atoms with Gasteiger partial charge in [0.15, 0.2) is 0 Å². The summed E-state index contributed by atoms with van der Waals surface area (Å²) in [5.74, 6) is 0. The zero-order chi connectivity index (χ0) is 20.8. The summed E-state index contributed by atoms with van der Waals surface area (Å²) in [7, 11) is 0. The van der Waals surface area contributed by atoms with E-state index in [9.17, 15) is 0 Å². The molecule has 0 unspecified atom stereocenters. The molecular weight excluding hydrogens is 360 g/mol. The Kier molecular flexibility index (Phi) is 6.44. The molecule has 0 amide bonds. The molecule has 0 aliphatic heterocycles. The predicted molar refractivity (Wildman–Crippen MR) is 129 cm³/mol. The molecule has 0 saturated heterocycles. The number of aryl methyl sites for hydroxylation is 2. The van der Waals surface area contributed by atoms with E-state index in [4.69, 9.17) is 0 Å². The van der Waals surface area contributed by atoms with Crippen molar-refractivity contribution in [3.05, 3.63) is 130 Å². The van der Waals surface area contributed by atoms with E-state index in [1.54, 1.807) is 0 Å². The molecule has 0 bridgehead atoms. The lowest BCUT2D eigenvalue weighted by molar-refractivity contribution is 1.12.